The van der Waals surface area contributed by atoms with Gasteiger partial charge in [0.05, 0.1) is 5.41 Å². The first-order valence-electron chi connectivity index (χ1n) is 6.29. The van der Waals surface area contributed by atoms with Crippen molar-refractivity contribution in [3.8, 4) is 0 Å². The molecule has 98 valence electrons. The van der Waals surface area contributed by atoms with E-state index in [1.54, 1.807) is 0 Å². The molecule has 1 aromatic rings. The van der Waals surface area contributed by atoms with Gasteiger partial charge in [-0.3, -0.25) is 4.79 Å². The van der Waals surface area contributed by atoms with E-state index in [1.807, 2.05) is 26.8 Å². The second-order valence-electron chi connectivity index (χ2n) is 6.09. The van der Waals surface area contributed by atoms with E-state index in [-0.39, 0.29) is 11.4 Å². The van der Waals surface area contributed by atoms with Crippen LogP contribution in [0.1, 0.15) is 39.2 Å². The van der Waals surface area contributed by atoms with Crippen LogP contribution in [0, 0.1) is 8.99 Å². The molecule has 0 spiro atoms. The van der Waals surface area contributed by atoms with E-state index >= 15 is 0 Å². The Morgan fingerprint density at radius 2 is 2.06 bits per heavy atom. The summed E-state index contributed by atoms with van der Waals surface area (Å²) in [6, 6.07) is 8.34. The van der Waals surface area contributed by atoms with Gasteiger partial charge >= 0.3 is 5.97 Å². The fraction of sp³-hybridized carbons (Fsp3) is 0.533. The van der Waals surface area contributed by atoms with Crippen molar-refractivity contribution < 1.29 is 9.53 Å². The molecule has 1 saturated carbocycles. The Labute approximate surface area is 122 Å². The van der Waals surface area contributed by atoms with Gasteiger partial charge in [-0.2, -0.15) is 0 Å². The molecule has 0 atom stereocenters. The molecule has 0 heterocycles. The first kappa shape index (κ1) is 13.8. The van der Waals surface area contributed by atoms with Gasteiger partial charge in [0.2, 0.25) is 0 Å². The lowest BCUT2D eigenvalue weighted by Gasteiger charge is -2.23. The molecule has 0 unspecified atom stereocenters. The monoisotopic (exact) mass is 358 g/mol. The van der Waals surface area contributed by atoms with Gasteiger partial charge in [-0.25, -0.2) is 0 Å². The van der Waals surface area contributed by atoms with Crippen LogP contribution >= 0.6 is 22.6 Å². The third-order valence-electron chi connectivity index (χ3n) is 3.12. The van der Waals surface area contributed by atoms with Crippen LogP contribution in [0.4, 0.5) is 0 Å². The maximum Gasteiger partial charge on any atom is 0.312 e. The summed E-state index contributed by atoms with van der Waals surface area (Å²) in [7, 11) is 0. The quantitative estimate of drug-likeness (QED) is 0.604. The molecule has 0 amide bonds. The van der Waals surface area contributed by atoms with E-state index < -0.39 is 5.60 Å². The van der Waals surface area contributed by atoms with Crippen molar-refractivity contribution in [1.82, 2.24) is 0 Å². The van der Waals surface area contributed by atoms with Crippen LogP contribution in [-0.4, -0.2) is 11.6 Å². The Balaban J connectivity index is 2.07. The number of carbonyl (C=O) groups is 1. The molecule has 0 bridgehead atoms. The zero-order chi connectivity index (χ0) is 13.4. The van der Waals surface area contributed by atoms with Crippen molar-refractivity contribution in [3.63, 3.8) is 0 Å². The van der Waals surface area contributed by atoms with Crippen molar-refractivity contribution in [2.24, 2.45) is 5.41 Å². The largest absolute Gasteiger partial charge is 0.460 e. The van der Waals surface area contributed by atoms with Crippen LogP contribution in [0.3, 0.4) is 0 Å². The second kappa shape index (κ2) is 4.83. The van der Waals surface area contributed by atoms with Gasteiger partial charge < -0.3 is 4.74 Å². The predicted molar refractivity (Wildman–Crippen MR) is 80.4 cm³/mol. The van der Waals surface area contributed by atoms with E-state index in [4.69, 9.17) is 4.74 Å². The van der Waals surface area contributed by atoms with E-state index in [9.17, 15) is 4.79 Å². The van der Waals surface area contributed by atoms with Crippen molar-refractivity contribution in [2.45, 2.75) is 45.6 Å². The highest BCUT2D eigenvalue weighted by Crippen LogP contribution is 2.50. The Morgan fingerprint density at radius 1 is 1.39 bits per heavy atom. The van der Waals surface area contributed by atoms with E-state index in [1.165, 1.54) is 9.13 Å². The minimum Gasteiger partial charge on any atom is -0.460 e. The molecule has 1 aromatic carbocycles. The Hall–Kier alpha value is -0.580. The summed E-state index contributed by atoms with van der Waals surface area (Å²) in [5, 5.41) is 0. The minimum absolute atomic E-state index is 0.0335. The topological polar surface area (TPSA) is 26.3 Å². The summed E-state index contributed by atoms with van der Waals surface area (Å²) in [6.07, 6.45) is 2.71. The Bertz CT molecular complexity index is 456. The SMILES string of the molecule is CC(C)(C)OC(=O)C1(Cc2cccc(I)c2)CC1. The lowest BCUT2D eigenvalue weighted by Crippen LogP contribution is -2.30. The molecular weight excluding hydrogens is 339 g/mol. The normalized spacial score (nSPS) is 17.3. The molecular formula is C15H19IO2. The van der Waals surface area contributed by atoms with E-state index in [0.29, 0.717) is 0 Å². The molecule has 1 fully saturated rings. The third kappa shape index (κ3) is 3.46. The van der Waals surface area contributed by atoms with Gasteiger partial charge in [0.1, 0.15) is 5.60 Å². The van der Waals surface area contributed by atoms with Crippen molar-refractivity contribution in [1.29, 1.82) is 0 Å². The summed E-state index contributed by atoms with van der Waals surface area (Å²) >= 11 is 2.30. The summed E-state index contributed by atoms with van der Waals surface area (Å²) in [4.78, 5) is 12.2. The highest BCUT2D eigenvalue weighted by Gasteiger charge is 2.52. The van der Waals surface area contributed by atoms with Crippen molar-refractivity contribution in [2.75, 3.05) is 0 Å². The number of rotatable bonds is 3. The maximum atomic E-state index is 12.2. The van der Waals surface area contributed by atoms with Crippen molar-refractivity contribution >= 4 is 28.6 Å². The zero-order valence-corrected chi connectivity index (χ0v) is 13.3. The second-order valence-corrected chi connectivity index (χ2v) is 7.33. The smallest absolute Gasteiger partial charge is 0.312 e. The molecule has 1 aliphatic carbocycles. The average Bonchev–Trinajstić information content (AvgIpc) is 2.96. The molecule has 2 rings (SSSR count). The first-order valence-corrected chi connectivity index (χ1v) is 7.37. The highest BCUT2D eigenvalue weighted by atomic mass is 127. The number of halogens is 1. The number of hydrogen-bond donors (Lipinski definition) is 0. The lowest BCUT2D eigenvalue weighted by atomic mass is 9.96. The molecule has 0 N–H and O–H groups in total. The molecule has 0 radical (unpaired) electrons. The predicted octanol–water partition coefficient (Wildman–Crippen LogP) is 3.96. The molecule has 0 aliphatic heterocycles. The summed E-state index contributed by atoms with van der Waals surface area (Å²) in [5.74, 6) is -0.0335. The van der Waals surface area contributed by atoms with E-state index in [0.717, 1.165) is 19.3 Å². The van der Waals surface area contributed by atoms with Crippen LogP contribution < -0.4 is 0 Å². The fourth-order valence-electron chi connectivity index (χ4n) is 2.03. The van der Waals surface area contributed by atoms with Crippen LogP contribution in [0.2, 0.25) is 0 Å². The van der Waals surface area contributed by atoms with Gasteiger partial charge in [0, 0.05) is 3.57 Å². The van der Waals surface area contributed by atoms with E-state index in [2.05, 4.69) is 40.8 Å². The van der Waals surface area contributed by atoms with Crippen LogP contribution in [0.25, 0.3) is 0 Å². The fourth-order valence-corrected chi connectivity index (χ4v) is 2.64. The number of hydrogen-bond acceptors (Lipinski definition) is 2. The lowest BCUT2D eigenvalue weighted by molar-refractivity contribution is -0.161. The first-order chi connectivity index (χ1) is 8.31. The third-order valence-corrected chi connectivity index (χ3v) is 3.79. The maximum absolute atomic E-state index is 12.2. The summed E-state index contributed by atoms with van der Waals surface area (Å²) < 4.78 is 6.74. The van der Waals surface area contributed by atoms with Gasteiger partial charge in [0.15, 0.2) is 0 Å². The Morgan fingerprint density at radius 3 is 2.56 bits per heavy atom. The average molecular weight is 358 g/mol. The van der Waals surface area contributed by atoms with Crippen molar-refractivity contribution in [3.05, 3.63) is 33.4 Å². The number of carbonyl (C=O) groups excluding carboxylic acids is 1. The highest BCUT2D eigenvalue weighted by molar-refractivity contribution is 14.1. The number of benzene rings is 1. The molecule has 0 aromatic heterocycles. The Kier molecular flexibility index (Phi) is 3.72. The van der Waals surface area contributed by atoms with Gasteiger partial charge in [0.25, 0.3) is 0 Å². The molecule has 3 heteroatoms. The van der Waals surface area contributed by atoms with Gasteiger partial charge in [-0.15, -0.1) is 0 Å². The van der Waals surface area contributed by atoms with Crippen LogP contribution in [0.5, 0.6) is 0 Å². The molecule has 0 saturated heterocycles. The van der Waals surface area contributed by atoms with Crippen LogP contribution in [0.15, 0.2) is 24.3 Å². The summed E-state index contributed by atoms with van der Waals surface area (Å²) in [5.41, 5.74) is 0.584. The number of esters is 1. The van der Waals surface area contributed by atoms with Gasteiger partial charge in [-0.1, -0.05) is 12.1 Å². The molecule has 2 nitrogen and oxygen atoms in total. The number of ether oxygens (including phenoxy) is 1. The minimum atomic E-state index is -0.391. The zero-order valence-electron chi connectivity index (χ0n) is 11.1. The molecule has 1 aliphatic rings. The standard InChI is InChI=1S/C15H19IO2/c1-14(2,3)18-13(17)15(7-8-15)10-11-5-4-6-12(16)9-11/h4-6,9H,7-8,10H2,1-3H3. The van der Waals surface area contributed by atoms with Crippen LogP contribution in [-0.2, 0) is 16.0 Å². The summed E-state index contributed by atoms with van der Waals surface area (Å²) in [6.45, 7) is 5.77. The van der Waals surface area contributed by atoms with Gasteiger partial charge in [-0.05, 0) is 80.3 Å². The molecule has 18 heavy (non-hydrogen) atoms.